The van der Waals surface area contributed by atoms with Crippen molar-refractivity contribution in [3.63, 3.8) is 0 Å². The fourth-order valence-corrected chi connectivity index (χ4v) is 5.32. The maximum atomic E-state index is 13.5. The van der Waals surface area contributed by atoms with Crippen molar-refractivity contribution in [3.8, 4) is 17.1 Å². The predicted octanol–water partition coefficient (Wildman–Crippen LogP) is 3.37. The van der Waals surface area contributed by atoms with E-state index in [1.165, 1.54) is 12.0 Å². The molecule has 4 atom stereocenters. The summed E-state index contributed by atoms with van der Waals surface area (Å²) in [6.45, 7) is 4.29. The van der Waals surface area contributed by atoms with Gasteiger partial charge >= 0.3 is 0 Å². The van der Waals surface area contributed by atoms with E-state index in [0.29, 0.717) is 46.0 Å². The van der Waals surface area contributed by atoms with Crippen LogP contribution in [0.3, 0.4) is 0 Å². The van der Waals surface area contributed by atoms with Gasteiger partial charge < -0.3 is 30.1 Å². The lowest BCUT2D eigenvalue weighted by molar-refractivity contribution is -0.126. The van der Waals surface area contributed by atoms with Crippen LogP contribution < -0.4 is 15.4 Å². The molecule has 5 rings (SSSR count). The highest BCUT2D eigenvalue weighted by atomic mass is 35.5. The first kappa shape index (κ1) is 28.7. The van der Waals surface area contributed by atoms with Crippen molar-refractivity contribution in [2.24, 2.45) is 0 Å². The second kappa shape index (κ2) is 12.4. The molecule has 0 spiro atoms. The first-order valence-corrected chi connectivity index (χ1v) is 13.9. The van der Waals surface area contributed by atoms with E-state index < -0.39 is 18.0 Å². The summed E-state index contributed by atoms with van der Waals surface area (Å²) in [5.74, 6) is 0.150. The predicted molar refractivity (Wildman–Crippen MR) is 153 cm³/mol. The Morgan fingerprint density at radius 2 is 2.12 bits per heavy atom. The zero-order chi connectivity index (χ0) is 29.1. The van der Waals surface area contributed by atoms with Crippen molar-refractivity contribution in [2.45, 2.75) is 57.5 Å². The number of methoxy groups -OCH3 is 1. The normalized spacial score (nSPS) is 19.8. The Labute approximate surface area is 243 Å². The summed E-state index contributed by atoms with van der Waals surface area (Å²) in [5, 5.41) is 16.4. The minimum atomic E-state index is -0.793. The molecule has 216 valence electrons. The molecule has 2 aliphatic heterocycles. The second-order valence-electron chi connectivity index (χ2n) is 10.3. The van der Waals surface area contributed by atoms with Crippen LogP contribution in [0.25, 0.3) is 11.3 Å². The van der Waals surface area contributed by atoms with E-state index in [4.69, 9.17) is 21.1 Å². The summed E-state index contributed by atoms with van der Waals surface area (Å²) in [5.41, 5.74) is 2.93. The summed E-state index contributed by atoms with van der Waals surface area (Å²) >= 11 is 6.48. The Bertz CT molecular complexity index is 1440. The highest BCUT2D eigenvalue weighted by Gasteiger charge is 2.35. The Balaban J connectivity index is 1.30. The van der Waals surface area contributed by atoms with Crippen LogP contribution in [-0.2, 0) is 16.1 Å². The van der Waals surface area contributed by atoms with E-state index >= 15 is 0 Å². The Morgan fingerprint density at radius 3 is 2.88 bits per heavy atom. The van der Waals surface area contributed by atoms with Crippen molar-refractivity contribution >= 4 is 29.4 Å². The zero-order valence-corrected chi connectivity index (χ0v) is 23.9. The number of carbonyl (C=O) groups excluding carboxylic acids is 2. The lowest BCUT2D eigenvalue weighted by Crippen LogP contribution is -2.46. The molecule has 1 aromatic carbocycles. The molecule has 1 saturated heterocycles. The summed E-state index contributed by atoms with van der Waals surface area (Å²) < 4.78 is 10.8. The number of fused-ring (bicyclic) bond motifs is 1. The second-order valence-corrected chi connectivity index (χ2v) is 10.7. The lowest BCUT2D eigenvalue weighted by atomic mass is 10.0. The molecule has 41 heavy (non-hydrogen) atoms. The summed E-state index contributed by atoms with van der Waals surface area (Å²) in [4.78, 5) is 41.4. The molecule has 2 amide bonds. The number of carbonyl (C=O) groups is 2. The summed E-state index contributed by atoms with van der Waals surface area (Å²) in [6.07, 6.45) is 3.43. The number of pyridine rings is 1. The average Bonchev–Trinajstić information content (AvgIpc) is 3.31. The van der Waals surface area contributed by atoms with Gasteiger partial charge in [0, 0.05) is 36.4 Å². The van der Waals surface area contributed by atoms with Crippen LogP contribution in [-0.4, -0.2) is 75.3 Å². The first-order chi connectivity index (χ1) is 19.8. The quantitative estimate of drug-likeness (QED) is 0.347. The van der Waals surface area contributed by atoms with Crippen LogP contribution in [0.5, 0.6) is 5.88 Å². The van der Waals surface area contributed by atoms with Gasteiger partial charge in [0.05, 0.1) is 48.5 Å². The van der Waals surface area contributed by atoms with E-state index in [0.717, 1.165) is 18.4 Å². The van der Waals surface area contributed by atoms with Crippen LogP contribution in [0.1, 0.15) is 54.3 Å². The van der Waals surface area contributed by atoms with Gasteiger partial charge in [-0.25, -0.2) is 15.0 Å². The third-order valence-corrected chi connectivity index (χ3v) is 7.71. The molecule has 0 aliphatic carbocycles. The van der Waals surface area contributed by atoms with Gasteiger partial charge in [-0.1, -0.05) is 29.8 Å². The number of aliphatic hydroxyl groups excluding tert-OH is 1. The van der Waals surface area contributed by atoms with E-state index in [1.807, 2.05) is 19.1 Å². The Morgan fingerprint density at radius 1 is 1.29 bits per heavy atom. The van der Waals surface area contributed by atoms with Crippen molar-refractivity contribution < 1.29 is 24.2 Å². The number of aliphatic hydroxyl groups is 1. The molecule has 2 unspecified atom stereocenters. The van der Waals surface area contributed by atoms with Crippen LogP contribution in [0.15, 0.2) is 42.6 Å². The maximum Gasteiger partial charge on any atom is 0.255 e. The van der Waals surface area contributed by atoms with Gasteiger partial charge in [-0.15, -0.1) is 0 Å². The summed E-state index contributed by atoms with van der Waals surface area (Å²) in [7, 11) is 1.49. The minimum Gasteiger partial charge on any atom is -0.481 e. The monoisotopic (exact) mass is 580 g/mol. The largest absolute Gasteiger partial charge is 0.481 e. The molecule has 0 saturated carbocycles. The molecule has 2 aromatic heterocycles. The van der Waals surface area contributed by atoms with Crippen LogP contribution in [0.4, 0.5) is 5.95 Å². The number of nitrogens with zero attached hydrogens (tertiary/aromatic N) is 4. The van der Waals surface area contributed by atoms with Crippen LogP contribution in [0, 0.1) is 0 Å². The van der Waals surface area contributed by atoms with Gasteiger partial charge in [0.1, 0.15) is 6.04 Å². The highest BCUT2D eigenvalue weighted by Crippen LogP contribution is 2.32. The molecule has 3 N–H and O–H groups in total. The number of halogens is 1. The molecule has 3 aromatic rings. The molecule has 12 heteroatoms. The molecule has 11 nitrogen and oxygen atoms in total. The number of nitrogens with one attached hydrogen (secondary N) is 2. The van der Waals surface area contributed by atoms with Crippen LogP contribution >= 0.6 is 11.6 Å². The van der Waals surface area contributed by atoms with E-state index in [-0.39, 0.29) is 31.2 Å². The highest BCUT2D eigenvalue weighted by molar-refractivity contribution is 6.33. The lowest BCUT2D eigenvalue weighted by Gasteiger charge is -2.28. The number of amides is 2. The van der Waals surface area contributed by atoms with E-state index in [9.17, 15) is 14.7 Å². The molecule has 0 radical (unpaired) electrons. The summed E-state index contributed by atoms with van der Waals surface area (Å²) in [6, 6.07) is 9.23. The number of rotatable bonds is 9. The number of hydrogen-bond acceptors (Lipinski definition) is 9. The number of anilines is 1. The van der Waals surface area contributed by atoms with Crippen molar-refractivity contribution in [2.75, 3.05) is 25.6 Å². The average molecular weight is 581 g/mol. The van der Waals surface area contributed by atoms with Crippen LogP contribution in [0.2, 0.25) is 5.02 Å². The Hall–Kier alpha value is -3.80. The van der Waals surface area contributed by atoms with E-state index in [2.05, 4.69) is 25.6 Å². The molecule has 4 heterocycles. The molecule has 0 bridgehead atoms. The third-order valence-electron chi connectivity index (χ3n) is 7.43. The molecule has 1 fully saturated rings. The van der Waals surface area contributed by atoms with Gasteiger partial charge in [-0.2, -0.15) is 0 Å². The van der Waals surface area contributed by atoms with Crippen molar-refractivity contribution in [1.29, 1.82) is 0 Å². The number of ether oxygens (including phenoxy) is 2. The molecular formula is C29H33ClN6O5. The maximum absolute atomic E-state index is 13.5. The first-order valence-electron chi connectivity index (χ1n) is 13.5. The minimum absolute atomic E-state index is 0.163. The molecule has 2 aliphatic rings. The smallest absolute Gasteiger partial charge is 0.255 e. The Kier molecular flexibility index (Phi) is 8.67. The molecular weight excluding hydrogens is 548 g/mol. The van der Waals surface area contributed by atoms with E-state index in [1.54, 1.807) is 37.4 Å². The number of hydrogen-bond donors (Lipinski definition) is 3. The zero-order valence-electron chi connectivity index (χ0n) is 23.1. The third kappa shape index (κ3) is 6.27. The number of benzene rings is 1. The van der Waals surface area contributed by atoms with Crippen molar-refractivity contribution in [3.05, 3.63) is 64.4 Å². The topological polar surface area (TPSA) is 139 Å². The van der Waals surface area contributed by atoms with Gasteiger partial charge in [-0.3, -0.25) is 9.59 Å². The number of aromatic nitrogens is 3. The van der Waals surface area contributed by atoms with Gasteiger partial charge in [0.2, 0.25) is 17.7 Å². The van der Waals surface area contributed by atoms with Crippen molar-refractivity contribution in [1.82, 2.24) is 25.2 Å². The van der Waals surface area contributed by atoms with Gasteiger partial charge in [-0.05, 0) is 44.4 Å². The fraction of sp³-hybridized carbons (Fsp3) is 0.414. The fourth-order valence-electron chi connectivity index (χ4n) is 5.12. The van der Waals surface area contributed by atoms with Gasteiger partial charge in [0.25, 0.3) is 5.91 Å². The standard InChI is InChI=1S/C29H33ClN6O5/c1-16-11-20(9-10-41-16)32-29-31-13-22(30)26(35-29)18-7-8-19-14-36(28(39)21(19)12-18)17(2)27(38)34-24(15-37)23-5-4-6-25(33-23)40-3/h4-8,12-13,16-17,20,24,37H,9-11,14-15H2,1-3H3,(H,34,38)(H,31,32,35)/t16?,17-,20?,24-/m1/s1. The SMILES string of the molecule is COc1cccc([C@@H](CO)NC(=O)[C@@H](C)N2Cc3ccc(-c4nc(NC5CCOC(C)C5)ncc4Cl)cc3C2=O)n1. The van der Waals surface area contributed by atoms with Gasteiger partial charge in [0.15, 0.2) is 0 Å².